The number of hydrogen-bond acceptors (Lipinski definition) is 7. The fourth-order valence-electron chi connectivity index (χ4n) is 2.51. The van der Waals surface area contributed by atoms with Crippen LogP contribution in [0, 0.1) is 5.82 Å². The van der Waals surface area contributed by atoms with Crippen molar-refractivity contribution in [2.45, 2.75) is 18.2 Å². The molecule has 0 fully saturated rings. The van der Waals surface area contributed by atoms with E-state index in [9.17, 15) is 9.18 Å². The summed E-state index contributed by atoms with van der Waals surface area (Å²) >= 11 is 1.29. The van der Waals surface area contributed by atoms with Crippen molar-refractivity contribution in [1.29, 1.82) is 0 Å². The maximum atomic E-state index is 12.9. The Bertz CT molecular complexity index is 1090. The van der Waals surface area contributed by atoms with Crippen molar-refractivity contribution in [3.8, 4) is 0 Å². The topological polar surface area (TPSA) is 98.7 Å². The van der Waals surface area contributed by atoms with E-state index < -0.39 is 0 Å². The van der Waals surface area contributed by atoms with Gasteiger partial charge in [-0.1, -0.05) is 29.1 Å². The minimum atomic E-state index is -0.348. The van der Waals surface area contributed by atoms with Gasteiger partial charge in [-0.2, -0.15) is 0 Å². The zero-order valence-corrected chi connectivity index (χ0v) is 15.4. The van der Waals surface area contributed by atoms with Crippen molar-refractivity contribution >= 4 is 34.4 Å². The van der Waals surface area contributed by atoms with Crippen molar-refractivity contribution in [3.05, 3.63) is 60.2 Å². The van der Waals surface area contributed by atoms with Gasteiger partial charge in [0.15, 0.2) is 0 Å². The van der Waals surface area contributed by atoms with Crippen LogP contribution < -0.4 is 5.32 Å². The Balaban J connectivity index is 1.28. The highest BCUT2D eigenvalue weighted by atomic mass is 32.2. The number of nitrogens with one attached hydrogen (secondary N) is 1. The lowest BCUT2D eigenvalue weighted by Crippen LogP contribution is -2.12. The molecule has 0 aliphatic carbocycles. The van der Waals surface area contributed by atoms with E-state index >= 15 is 0 Å². The zero-order chi connectivity index (χ0) is 19.3. The molecule has 2 aromatic heterocycles. The summed E-state index contributed by atoms with van der Waals surface area (Å²) in [7, 11) is 0. The Morgan fingerprint density at radius 2 is 1.93 bits per heavy atom. The third-order valence-electron chi connectivity index (χ3n) is 3.84. The van der Waals surface area contributed by atoms with Crippen LogP contribution in [-0.4, -0.2) is 36.9 Å². The normalized spacial score (nSPS) is 11.0. The van der Waals surface area contributed by atoms with Gasteiger partial charge in [0.05, 0.1) is 5.52 Å². The maximum Gasteiger partial charge on any atom is 0.276 e. The van der Waals surface area contributed by atoms with E-state index in [1.165, 1.54) is 36.0 Å². The number of para-hydroxylation sites is 1. The van der Waals surface area contributed by atoms with E-state index in [0.29, 0.717) is 29.1 Å². The van der Waals surface area contributed by atoms with E-state index in [0.717, 1.165) is 11.0 Å². The number of thioether (sulfide) groups is 1. The first-order chi connectivity index (χ1) is 13.7. The molecule has 2 aromatic carbocycles. The first-order valence-corrected chi connectivity index (χ1v) is 9.45. The van der Waals surface area contributed by atoms with Crippen molar-refractivity contribution in [1.82, 2.24) is 25.2 Å². The van der Waals surface area contributed by atoms with Gasteiger partial charge in [-0.25, -0.2) is 9.07 Å². The summed E-state index contributed by atoms with van der Waals surface area (Å²) < 4.78 is 20.2. The summed E-state index contributed by atoms with van der Waals surface area (Å²) in [6.07, 6.45) is 0.257. The van der Waals surface area contributed by atoms with Gasteiger partial charge in [-0.05, 0) is 36.4 Å². The summed E-state index contributed by atoms with van der Waals surface area (Å²) in [6, 6.07) is 13.2. The van der Waals surface area contributed by atoms with Crippen LogP contribution in [0.5, 0.6) is 0 Å². The van der Waals surface area contributed by atoms with Crippen molar-refractivity contribution in [3.63, 3.8) is 0 Å². The van der Waals surface area contributed by atoms with Gasteiger partial charge < -0.3 is 9.73 Å². The molecule has 0 spiro atoms. The Kier molecular flexibility index (Phi) is 5.29. The third kappa shape index (κ3) is 4.34. The number of nitrogens with zero attached hydrogens (tertiary/aromatic N) is 5. The molecule has 10 heteroatoms. The standard InChI is InChI=1S/C18H15FN6O2S/c19-12-5-7-13(8-6-12)20-16(26)9-10-28-18-23-22-17(27-18)11-25-15-4-2-1-3-14(15)21-24-25/h1-8H,9-11H2,(H,20,26). The maximum absolute atomic E-state index is 12.9. The molecule has 8 nitrogen and oxygen atoms in total. The second kappa shape index (κ2) is 8.17. The second-order valence-corrected chi connectivity index (χ2v) is 6.90. The molecule has 0 aliphatic rings. The largest absolute Gasteiger partial charge is 0.414 e. The Labute approximate surface area is 163 Å². The predicted molar refractivity (Wildman–Crippen MR) is 101 cm³/mol. The minimum Gasteiger partial charge on any atom is -0.414 e. The summed E-state index contributed by atoms with van der Waals surface area (Å²) in [6.45, 7) is 0.319. The molecular formula is C18H15FN6O2S. The van der Waals surface area contributed by atoms with Gasteiger partial charge in [0.1, 0.15) is 17.9 Å². The molecule has 1 N–H and O–H groups in total. The van der Waals surface area contributed by atoms with Gasteiger partial charge in [-0.3, -0.25) is 4.79 Å². The van der Waals surface area contributed by atoms with Crippen LogP contribution in [0.15, 0.2) is 58.2 Å². The van der Waals surface area contributed by atoms with Crippen LogP contribution >= 0.6 is 11.8 Å². The monoisotopic (exact) mass is 398 g/mol. The van der Waals surface area contributed by atoms with Crippen LogP contribution in [0.2, 0.25) is 0 Å². The van der Waals surface area contributed by atoms with Crippen LogP contribution in [0.3, 0.4) is 0 Å². The number of carbonyl (C=O) groups excluding carboxylic acids is 1. The van der Waals surface area contributed by atoms with Gasteiger partial charge in [0, 0.05) is 17.9 Å². The second-order valence-electron chi connectivity index (χ2n) is 5.85. The van der Waals surface area contributed by atoms with E-state index in [1.807, 2.05) is 24.3 Å². The Morgan fingerprint density at radius 1 is 1.11 bits per heavy atom. The molecule has 142 valence electrons. The number of carbonyl (C=O) groups is 1. The SMILES string of the molecule is O=C(CCSc1nnc(Cn2nnc3ccccc32)o1)Nc1ccc(F)cc1. The Hall–Kier alpha value is -3.27. The molecular weight excluding hydrogens is 383 g/mol. The number of hydrogen-bond donors (Lipinski definition) is 1. The molecule has 0 aliphatic heterocycles. The van der Waals surface area contributed by atoms with Crippen molar-refractivity contribution in [2.24, 2.45) is 0 Å². The highest BCUT2D eigenvalue weighted by Crippen LogP contribution is 2.19. The molecule has 4 aromatic rings. The van der Waals surface area contributed by atoms with E-state index in [1.54, 1.807) is 4.68 Å². The van der Waals surface area contributed by atoms with E-state index in [-0.39, 0.29) is 18.1 Å². The van der Waals surface area contributed by atoms with Crippen molar-refractivity contribution in [2.75, 3.05) is 11.1 Å². The van der Waals surface area contributed by atoms with Crippen LogP contribution in [0.1, 0.15) is 12.3 Å². The number of halogens is 1. The smallest absolute Gasteiger partial charge is 0.276 e. The highest BCUT2D eigenvalue weighted by Gasteiger charge is 2.11. The minimum absolute atomic E-state index is 0.173. The first kappa shape index (κ1) is 18.1. The number of anilines is 1. The third-order valence-corrected chi connectivity index (χ3v) is 4.66. The fourth-order valence-corrected chi connectivity index (χ4v) is 3.23. The lowest BCUT2D eigenvalue weighted by atomic mass is 10.3. The quantitative estimate of drug-likeness (QED) is 0.478. The van der Waals surface area contributed by atoms with Crippen LogP contribution in [-0.2, 0) is 11.3 Å². The van der Waals surface area contributed by atoms with Gasteiger partial charge >= 0.3 is 0 Å². The zero-order valence-electron chi connectivity index (χ0n) is 14.6. The number of rotatable bonds is 7. The van der Waals surface area contributed by atoms with Crippen molar-refractivity contribution < 1.29 is 13.6 Å². The Morgan fingerprint density at radius 3 is 2.79 bits per heavy atom. The summed E-state index contributed by atoms with van der Waals surface area (Å²) in [5, 5.41) is 19.2. The lowest BCUT2D eigenvalue weighted by molar-refractivity contribution is -0.115. The number of benzene rings is 2. The van der Waals surface area contributed by atoms with Gasteiger partial charge in [0.2, 0.25) is 11.8 Å². The van der Waals surface area contributed by atoms with E-state index in [2.05, 4.69) is 25.8 Å². The first-order valence-electron chi connectivity index (χ1n) is 8.46. The molecule has 0 bridgehead atoms. The van der Waals surface area contributed by atoms with Crippen LogP contribution in [0.25, 0.3) is 11.0 Å². The molecule has 28 heavy (non-hydrogen) atoms. The molecule has 0 radical (unpaired) electrons. The fraction of sp³-hybridized carbons (Fsp3) is 0.167. The summed E-state index contributed by atoms with van der Waals surface area (Å²) in [4.78, 5) is 11.9. The predicted octanol–water partition coefficient (Wildman–Crippen LogP) is 3.12. The lowest BCUT2D eigenvalue weighted by Gasteiger charge is -2.04. The molecule has 0 saturated heterocycles. The molecule has 0 saturated carbocycles. The number of aromatic nitrogens is 5. The average Bonchev–Trinajstić information content (AvgIpc) is 3.31. The summed E-state index contributed by atoms with van der Waals surface area (Å²) in [5.41, 5.74) is 2.23. The highest BCUT2D eigenvalue weighted by molar-refractivity contribution is 7.99. The van der Waals surface area contributed by atoms with Crippen LogP contribution in [0.4, 0.5) is 10.1 Å². The van der Waals surface area contributed by atoms with E-state index in [4.69, 9.17) is 4.42 Å². The molecule has 0 unspecified atom stereocenters. The number of fused-ring (bicyclic) bond motifs is 1. The average molecular weight is 398 g/mol. The van der Waals surface area contributed by atoms with Gasteiger partial charge in [-0.15, -0.1) is 15.3 Å². The van der Waals surface area contributed by atoms with Gasteiger partial charge in [0.25, 0.3) is 5.22 Å². The molecule has 2 heterocycles. The molecule has 0 atom stereocenters. The molecule has 1 amide bonds. The summed E-state index contributed by atoms with van der Waals surface area (Å²) in [5.74, 6) is 0.363. The molecule has 4 rings (SSSR count). The number of amides is 1.